The normalized spacial score (nSPS) is 17.0. The van der Waals surface area contributed by atoms with Gasteiger partial charge in [-0.05, 0) is 43.2 Å². The fourth-order valence-corrected chi connectivity index (χ4v) is 3.31. The molecule has 3 aromatic rings. The van der Waals surface area contributed by atoms with Crippen LogP contribution in [0.5, 0.6) is 6.01 Å². The summed E-state index contributed by atoms with van der Waals surface area (Å²) in [7, 11) is 0. The predicted octanol–water partition coefficient (Wildman–Crippen LogP) is 3.36. The number of hydrogen-bond acceptors (Lipinski definition) is 5. The monoisotopic (exact) mass is 417 g/mol. The van der Waals surface area contributed by atoms with Gasteiger partial charge in [0.1, 0.15) is 6.10 Å². The van der Waals surface area contributed by atoms with Crippen LogP contribution >= 0.6 is 0 Å². The Labute approximate surface area is 170 Å². The third kappa shape index (κ3) is 4.42. The minimum absolute atomic E-state index is 0.178. The third-order valence-corrected chi connectivity index (χ3v) is 4.72. The van der Waals surface area contributed by atoms with Crippen molar-refractivity contribution in [1.82, 2.24) is 24.6 Å². The van der Waals surface area contributed by atoms with Crippen molar-refractivity contribution in [3.8, 4) is 11.7 Å². The number of carbonyl (C=O) groups is 1. The number of piperidine rings is 1. The van der Waals surface area contributed by atoms with Crippen molar-refractivity contribution < 1.29 is 22.7 Å². The average molecular weight is 417 g/mol. The number of carbonyl (C=O) groups excluding carboxylic acids is 1. The van der Waals surface area contributed by atoms with Crippen LogP contribution in [-0.4, -0.2) is 49.7 Å². The van der Waals surface area contributed by atoms with E-state index in [-0.39, 0.29) is 18.5 Å². The first-order valence-electron chi connectivity index (χ1n) is 9.36. The molecule has 1 saturated heterocycles. The molecule has 4 rings (SSSR count). The number of nitrogens with zero attached hydrogens (tertiary/aromatic N) is 5. The van der Waals surface area contributed by atoms with Crippen LogP contribution in [-0.2, 0) is 6.18 Å². The van der Waals surface area contributed by atoms with Gasteiger partial charge in [0.2, 0.25) is 0 Å². The summed E-state index contributed by atoms with van der Waals surface area (Å²) in [5.41, 5.74) is 0.193. The van der Waals surface area contributed by atoms with Gasteiger partial charge in [-0.1, -0.05) is 6.07 Å². The lowest BCUT2D eigenvalue weighted by Crippen LogP contribution is -2.44. The van der Waals surface area contributed by atoms with Gasteiger partial charge in [0.15, 0.2) is 5.69 Å². The fraction of sp³-hybridized carbons (Fsp3) is 0.300. The highest BCUT2D eigenvalue weighted by Crippen LogP contribution is 2.28. The zero-order chi connectivity index (χ0) is 21.1. The summed E-state index contributed by atoms with van der Waals surface area (Å²) < 4.78 is 45.7. The van der Waals surface area contributed by atoms with E-state index in [0.29, 0.717) is 24.9 Å². The van der Waals surface area contributed by atoms with Gasteiger partial charge in [-0.25, -0.2) is 9.67 Å². The molecule has 1 unspecified atom stereocenters. The van der Waals surface area contributed by atoms with E-state index in [1.54, 1.807) is 46.2 Å². The molecule has 2 aromatic heterocycles. The van der Waals surface area contributed by atoms with Crippen LogP contribution in [0.2, 0.25) is 0 Å². The molecular formula is C20H18F3N5O2. The van der Waals surface area contributed by atoms with Crippen LogP contribution < -0.4 is 4.74 Å². The first-order valence-corrected chi connectivity index (χ1v) is 9.36. The Balaban J connectivity index is 1.45. The number of hydrogen-bond donors (Lipinski definition) is 0. The highest BCUT2D eigenvalue weighted by Gasteiger charge is 2.33. The molecule has 0 aliphatic carbocycles. The second-order valence-corrected chi connectivity index (χ2v) is 6.86. The van der Waals surface area contributed by atoms with E-state index >= 15 is 0 Å². The molecule has 10 heteroatoms. The Hall–Kier alpha value is -3.43. The molecule has 156 valence electrons. The zero-order valence-electron chi connectivity index (χ0n) is 15.8. The Bertz CT molecular complexity index is 1020. The molecule has 0 bridgehead atoms. The fourth-order valence-electron chi connectivity index (χ4n) is 3.31. The van der Waals surface area contributed by atoms with E-state index in [1.807, 2.05) is 6.07 Å². The lowest BCUT2D eigenvalue weighted by Gasteiger charge is -2.32. The second kappa shape index (κ2) is 8.13. The number of rotatable bonds is 4. The number of likely N-dealkylation sites (tertiary alicyclic amines) is 1. The molecule has 3 heterocycles. The van der Waals surface area contributed by atoms with E-state index in [4.69, 9.17) is 4.74 Å². The van der Waals surface area contributed by atoms with Crippen LogP contribution in [0.15, 0.2) is 55.0 Å². The van der Waals surface area contributed by atoms with E-state index in [2.05, 4.69) is 15.1 Å². The summed E-state index contributed by atoms with van der Waals surface area (Å²) in [5, 5.41) is 4.16. The quantitative estimate of drug-likeness (QED) is 0.651. The SMILES string of the molecule is O=C(c1cccc(-n2cccn2)c1)N1CCCC(Oc2nccc(C(F)(F)F)n2)C1. The van der Waals surface area contributed by atoms with Gasteiger partial charge in [0, 0.05) is 30.7 Å². The molecule has 7 nitrogen and oxygen atoms in total. The molecule has 30 heavy (non-hydrogen) atoms. The molecule has 0 saturated carbocycles. The van der Waals surface area contributed by atoms with Crippen LogP contribution in [0.25, 0.3) is 5.69 Å². The summed E-state index contributed by atoms with van der Waals surface area (Å²) in [6.07, 6.45) is 0.638. The summed E-state index contributed by atoms with van der Waals surface area (Å²) in [5.74, 6) is -0.178. The van der Waals surface area contributed by atoms with Gasteiger partial charge in [-0.15, -0.1) is 0 Å². The lowest BCUT2D eigenvalue weighted by molar-refractivity contribution is -0.141. The van der Waals surface area contributed by atoms with Crippen LogP contribution in [0.1, 0.15) is 28.9 Å². The highest BCUT2D eigenvalue weighted by atomic mass is 19.4. The Morgan fingerprint density at radius 2 is 2.03 bits per heavy atom. The second-order valence-electron chi connectivity index (χ2n) is 6.86. The molecular weight excluding hydrogens is 399 g/mol. The van der Waals surface area contributed by atoms with Crippen molar-refractivity contribution in [2.45, 2.75) is 25.1 Å². The van der Waals surface area contributed by atoms with Crippen molar-refractivity contribution in [1.29, 1.82) is 0 Å². The summed E-state index contributed by atoms with van der Waals surface area (Å²) in [6.45, 7) is 0.776. The summed E-state index contributed by atoms with van der Waals surface area (Å²) >= 11 is 0. The van der Waals surface area contributed by atoms with Crippen LogP contribution in [0.4, 0.5) is 13.2 Å². The average Bonchev–Trinajstić information content (AvgIpc) is 3.28. The van der Waals surface area contributed by atoms with Gasteiger partial charge in [0.05, 0.1) is 12.2 Å². The Morgan fingerprint density at radius 3 is 2.80 bits per heavy atom. The summed E-state index contributed by atoms with van der Waals surface area (Å²) in [4.78, 5) is 21.8. The van der Waals surface area contributed by atoms with Gasteiger partial charge >= 0.3 is 12.2 Å². The maximum atomic E-state index is 13.0. The molecule has 1 atom stereocenters. The van der Waals surface area contributed by atoms with E-state index < -0.39 is 18.0 Å². The molecule has 0 N–H and O–H groups in total. The number of ether oxygens (including phenoxy) is 1. The predicted molar refractivity (Wildman–Crippen MR) is 100 cm³/mol. The van der Waals surface area contributed by atoms with Crippen LogP contribution in [0.3, 0.4) is 0 Å². The lowest BCUT2D eigenvalue weighted by atomic mass is 10.1. The largest absolute Gasteiger partial charge is 0.458 e. The number of halogens is 3. The standard InChI is InChI=1S/C20H18F3N5O2/c21-20(22,23)17-7-9-24-19(26-17)30-16-6-2-10-27(13-16)18(29)14-4-1-5-15(12-14)28-11-3-8-25-28/h1,3-5,7-9,11-12,16H,2,6,10,13H2. The van der Waals surface area contributed by atoms with E-state index in [0.717, 1.165) is 18.0 Å². The smallest absolute Gasteiger partial charge is 0.433 e. The Kier molecular flexibility index (Phi) is 5.39. The molecule has 0 radical (unpaired) electrons. The van der Waals surface area contributed by atoms with E-state index in [9.17, 15) is 18.0 Å². The van der Waals surface area contributed by atoms with E-state index in [1.165, 1.54) is 0 Å². The molecule has 1 fully saturated rings. The zero-order valence-corrected chi connectivity index (χ0v) is 15.8. The maximum absolute atomic E-state index is 13.0. The van der Waals surface area contributed by atoms with Crippen molar-refractivity contribution in [3.05, 3.63) is 66.2 Å². The van der Waals surface area contributed by atoms with Crippen molar-refractivity contribution in [3.63, 3.8) is 0 Å². The number of amides is 1. The first-order chi connectivity index (χ1) is 14.4. The van der Waals surface area contributed by atoms with Crippen molar-refractivity contribution >= 4 is 5.91 Å². The van der Waals surface area contributed by atoms with Gasteiger partial charge in [-0.2, -0.15) is 23.3 Å². The highest BCUT2D eigenvalue weighted by molar-refractivity contribution is 5.94. The molecule has 1 aliphatic heterocycles. The molecule has 0 spiro atoms. The van der Waals surface area contributed by atoms with Gasteiger partial charge in [-0.3, -0.25) is 4.79 Å². The maximum Gasteiger partial charge on any atom is 0.433 e. The van der Waals surface area contributed by atoms with Gasteiger partial charge < -0.3 is 9.64 Å². The van der Waals surface area contributed by atoms with Crippen molar-refractivity contribution in [2.24, 2.45) is 0 Å². The Morgan fingerprint density at radius 1 is 1.17 bits per heavy atom. The molecule has 1 amide bonds. The molecule has 1 aliphatic rings. The molecule has 1 aromatic carbocycles. The number of aromatic nitrogens is 4. The summed E-state index contributed by atoms with van der Waals surface area (Å²) in [6, 6.07) is 9.32. The van der Waals surface area contributed by atoms with Gasteiger partial charge in [0.25, 0.3) is 5.91 Å². The van der Waals surface area contributed by atoms with Crippen molar-refractivity contribution in [2.75, 3.05) is 13.1 Å². The topological polar surface area (TPSA) is 73.1 Å². The minimum Gasteiger partial charge on any atom is -0.458 e. The van der Waals surface area contributed by atoms with Crippen LogP contribution in [0, 0.1) is 0 Å². The number of alkyl halides is 3. The first kappa shape index (κ1) is 19.9. The number of benzene rings is 1. The third-order valence-electron chi connectivity index (χ3n) is 4.72. The minimum atomic E-state index is -4.57.